The van der Waals surface area contributed by atoms with Gasteiger partial charge in [0.25, 0.3) is 0 Å². The molecule has 0 aromatic carbocycles. The first-order valence-corrected chi connectivity index (χ1v) is 7.90. The van der Waals surface area contributed by atoms with Crippen LogP contribution in [0.3, 0.4) is 0 Å². The summed E-state index contributed by atoms with van der Waals surface area (Å²) in [7, 11) is 0. The molecule has 0 spiro atoms. The summed E-state index contributed by atoms with van der Waals surface area (Å²) < 4.78 is 0. The number of hydrogen-bond acceptors (Lipinski definition) is 5. The molecule has 3 heterocycles. The smallest absolute Gasteiger partial charge is 0.133 e. The lowest BCUT2D eigenvalue weighted by Crippen LogP contribution is -2.41. The standard InChI is InChI=1S/C15H25N5/c1-2-5-14-18-13(16)10-15(19-14)17-11-7-9-20-8-4-3-6-12(11)20/h10-12H,2-9H2,1H3,(H3,16,17,18,19). The van der Waals surface area contributed by atoms with Crippen molar-refractivity contribution in [3.63, 3.8) is 0 Å². The molecule has 0 amide bonds. The van der Waals surface area contributed by atoms with Crippen molar-refractivity contribution in [1.29, 1.82) is 0 Å². The Kier molecular flexibility index (Phi) is 4.05. The number of rotatable bonds is 4. The number of piperidine rings is 1. The van der Waals surface area contributed by atoms with Crippen molar-refractivity contribution in [2.75, 3.05) is 24.1 Å². The van der Waals surface area contributed by atoms with Crippen LogP contribution in [0.2, 0.25) is 0 Å². The van der Waals surface area contributed by atoms with E-state index in [0.29, 0.717) is 17.9 Å². The zero-order valence-electron chi connectivity index (χ0n) is 12.3. The number of nitrogens with one attached hydrogen (secondary N) is 1. The maximum atomic E-state index is 5.89. The molecule has 5 nitrogen and oxygen atoms in total. The largest absolute Gasteiger partial charge is 0.384 e. The Morgan fingerprint density at radius 2 is 2.20 bits per heavy atom. The quantitative estimate of drug-likeness (QED) is 0.880. The second kappa shape index (κ2) is 5.95. The highest BCUT2D eigenvalue weighted by Gasteiger charge is 2.35. The Bertz CT molecular complexity index is 462. The second-order valence-electron chi connectivity index (χ2n) is 5.98. The summed E-state index contributed by atoms with van der Waals surface area (Å²) in [5.41, 5.74) is 5.89. The van der Waals surface area contributed by atoms with Gasteiger partial charge in [0.1, 0.15) is 17.5 Å². The van der Waals surface area contributed by atoms with Crippen molar-refractivity contribution in [2.45, 2.75) is 57.5 Å². The van der Waals surface area contributed by atoms with Gasteiger partial charge in [-0.05, 0) is 32.2 Å². The third-order valence-electron chi connectivity index (χ3n) is 4.46. The highest BCUT2D eigenvalue weighted by atomic mass is 15.2. The van der Waals surface area contributed by atoms with Gasteiger partial charge in [-0.1, -0.05) is 13.3 Å². The molecule has 3 N–H and O–H groups in total. The second-order valence-corrected chi connectivity index (χ2v) is 5.98. The van der Waals surface area contributed by atoms with Crippen LogP contribution in [0.1, 0.15) is 44.9 Å². The Labute approximate surface area is 121 Å². The maximum absolute atomic E-state index is 5.89. The molecule has 110 valence electrons. The molecule has 0 radical (unpaired) electrons. The molecule has 2 atom stereocenters. The first kappa shape index (κ1) is 13.6. The summed E-state index contributed by atoms with van der Waals surface area (Å²) in [4.78, 5) is 11.5. The minimum atomic E-state index is 0.513. The average molecular weight is 275 g/mol. The zero-order valence-corrected chi connectivity index (χ0v) is 12.3. The number of aryl methyl sites for hydroxylation is 1. The highest BCUT2D eigenvalue weighted by molar-refractivity contribution is 5.45. The fourth-order valence-corrected chi connectivity index (χ4v) is 3.53. The van der Waals surface area contributed by atoms with Crippen LogP contribution in [0, 0.1) is 0 Å². The van der Waals surface area contributed by atoms with E-state index in [1.807, 2.05) is 6.07 Å². The van der Waals surface area contributed by atoms with E-state index < -0.39 is 0 Å². The minimum Gasteiger partial charge on any atom is -0.384 e. The Balaban J connectivity index is 1.71. The summed E-state index contributed by atoms with van der Waals surface area (Å²) >= 11 is 0. The fourth-order valence-electron chi connectivity index (χ4n) is 3.53. The molecule has 3 rings (SSSR count). The van der Waals surface area contributed by atoms with Gasteiger partial charge in [0, 0.05) is 31.1 Å². The van der Waals surface area contributed by atoms with E-state index in [4.69, 9.17) is 5.73 Å². The van der Waals surface area contributed by atoms with Gasteiger partial charge in [-0.25, -0.2) is 9.97 Å². The van der Waals surface area contributed by atoms with E-state index in [0.717, 1.165) is 24.5 Å². The molecular weight excluding hydrogens is 250 g/mol. The van der Waals surface area contributed by atoms with E-state index >= 15 is 0 Å². The maximum Gasteiger partial charge on any atom is 0.133 e. The normalized spacial score (nSPS) is 26.4. The van der Waals surface area contributed by atoms with E-state index in [9.17, 15) is 0 Å². The van der Waals surface area contributed by atoms with Crippen molar-refractivity contribution >= 4 is 11.6 Å². The predicted octanol–water partition coefficient (Wildman–Crippen LogP) is 2.05. The molecule has 20 heavy (non-hydrogen) atoms. The Morgan fingerprint density at radius 1 is 1.30 bits per heavy atom. The number of anilines is 2. The van der Waals surface area contributed by atoms with Gasteiger partial charge >= 0.3 is 0 Å². The van der Waals surface area contributed by atoms with Gasteiger partial charge in [0.15, 0.2) is 0 Å². The molecule has 2 fully saturated rings. The van der Waals surface area contributed by atoms with E-state index in [2.05, 4.69) is 27.1 Å². The van der Waals surface area contributed by atoms with Crippen molar-refractivity contribution in [3.8, 4) is 0 Å². The Hall–Kier alpha value is -1.36. The monoisotopic (exact) mass is 275 g/mol. The summed E-state index contributed by atoms with van der Waals surface area (Å²) in [5.74, 6) is 2.33. The molecule has 2 saturated heterocycles. The van der Waals surface area contributed by atoms with Crippen molar-refractivity contribution < 1.29 is 0 Å². The van der Waals surface area contributed by atoms with E-state index in [-0.39, 0.29) is 0 Å². The van der Waals surface area contributed by atoms with Gasteiger partial charge < -0.3 is 11.1 Å². The van der Waals surface area contributed by atoms with Crippen LogP contribution >= 0.6 is 0 Å². The van der Waals surface area contributed by atoms with Crippen molar-refractivity contribution in [3.05, 3.63) is 11.9 Å². The number of aromatic nitrogens is 2. The molecule has 2 aliphatic rings. The predicted molar refractivity (Wildman–Crippen MR) is 81.7 cm³/mol. The van der Waals surface area contributed by atoms with Gasteiger partial charge in [0.05, 0.1) is 0 Å². The molecule has 0 saturated carbocycles. The molecule has 0 aliphatic carbocycles. The SMILES string of the molecule is CCCc1nc(N)cc(NC2CCN3CCCCC23)n1. The van der Waals surface area contributed by atoms with Crippen LogP contribution in [0.25, 0.3) is 0 Å². The van der Waals surface area contributed by atoms with Crippen LogP contribution in [0.4, 0.5) is 11.6 Å². The van der Waals surface area contributed by atoms with Crippen LogP contribution in [-0.4, -0.2) is 40.0 Å². The lowest BCUT2D eigenvalue weighted by Gasteiger charge is -2.32. The van der Waals surface area contributed by atoms with Crippen LogP contribution in [-0.2, 0) is 6.42 Å². The average Bonchev–Trinajstić information content (AvgIpc) is 2.82. The lowest BCUT2D eigenvalue weighted by molar-refractivity contribution is 0.192. The minimum absolute atomic E-state index is 0.513. The first-order chi connectivity index (χ1) is 9.76. The molecular formula is C15H25N5. The number of hydrogen-bond donors (Lipinski definition) is 2. The summed E-state index contributed by atoms with van der Waals surface area (Å²) in [5, 5.41) is 3.61. The van der Waals surface area contributed by atoms with Crippen LogP contribution in [0.15, 0.2) is 6.07 Å². The topological polar surface area (TPSA) is 67.1 Å². The Morgan fingerprint density at radius 3 is 3.05 bits per heavy atom. The molecule has 2 unspecified atom stereocenters. The van der Waals surface area contributed by atoms with Gasteiger partial charge in [-0.2, -0.15) is 0 Å². The van der Waals surface area contributed by atoms with Gasteiger partial charge in [-0.15, -0.1) is 0 Å². The van der Waals surface area contributed by atoms with Crippen LogP contribution in [0.5, 0.6) is 0 Å². The molecule has 1 aromatic heterocycles. The molecule has 1 aromatic rings. The number of nitrogens with two attached hydrogens (primary N) is 1. The summed E-state index contributed by atoms with van der Waals surface area (Å²) in [6.45, 7) is 4.61. The lowest BCUT2D eigenvalue weighted by atomic mass is 9.99. The van der Waals surface area contributed by atoms with E-state index in [1.54, 1.807) is 0 Å². The third kappa shape index (κ3) is 2.87. The van der Waals surface area contributed by atoms with Crippen molar-refractivity contribution in [1.82, 2.24) is 14.9 Å². The van der Waals surface area contributed by atoms with Crippen molar-refractivity contribution in [2.24, 2.45) is 0 Å². The van der Waals surface area contributed by atoms with Crippen LogP contribution < -0.4 is 11.1 Å². The molecule has 0 bridgehead atoms. The number of fused-ring (bicyclic) bond motifs is 1. The highest BCUT2D eigenvalue weighted by Crippen LogP contribution is 2.29. The number of nitrogens with zero attached hydrogens (tertiary/aromatic N) is 3. The number of nitrogen functional groups attached to an aromatic ring is 1. The van der Waals surface area contributed by atoms with Gasteiger partial charge in [-0.3, -0.25) is 4.90 Å². The van der Waals surface area contributed by atoms with Gasteiger partial charge in [0.2, 0.25) is 0 Å². The molecule has 2 aliphatic heterocycles. The third-order valence-corrected chi connectivity index (χ3v) is 4.46. The molecule has 5 heteroatoms. The van der Waals surface area contributed by atoms with E-state index in [1.165, 1.54) is 38.8 Å². The summed E-state index contributed by atoms with van der Waals surface area (Å²) in [6, 6.07) is 3.05. The zero-order chi connectivity index (χ0) is 13.9. The first-order valence-electron chi connectivity index (χ1n) is 7.90. The fraction of sp³-hybridized carbons (Fsp3) is 0.733. The summed E-state index contributed by atoms with van der Waals surface area (Å²) in [6.07, 6.45) is 7.15.